The van der Waals surface area contributed by atoms with E-state index in [1.807, 2.05) is 47.4 Å². The molecule has 0 atom stereocenters. The Balaban J connectivity index is 1.82. The summed E-state index contributed by atoms with van der Waals surface area (Å²) < 4.78 is 14.8. The summed E-state index contributed by atoms with van der Waals surface area (Å²) in [6.07, 6.45) is 3.39. The smallest absolute Gasteiger partial charge is 0.230 e. The van der Waals surface area contributed by atoms with Gasteiger partial charge in [-0.25, -0.2) is 14.4 Å². The van der Waals surface area contributed by atoms with Gasteiger partial charge in [-0.15, -0.1) is 0 Å². The summed E-state index contributed by atoms with van der Waals surface area (Å²) in [5.41, 5.74) is 3.19. The first-order valence-corrected chi connectivity index (χ1v) is 8.84. The van der Waals surface area contributed by atoms with Gasteiger partial charge in [0.25, 0.3) is 0 Å². The third-order valence-corrected chi connectivity index (χ3v) is 4.76. The molecule has 6 heteroatoms. The predicted molar refractivity (Wildman–Crippen MR) is 104 cm³/mol. The van der Waals surface area contributed by atoms with Crippen molar-refractivity contribution in [1.29, 1.82) is 0 Å². The van der Waals surface area contributed by atoms with Gasteiger partial charge >= 0.3 is 0 Å². The minimum Gasteiger partial charge on any atom is -0.306 e. The average Bonchev–Trinajstić information content (AvgIpc) is 2.67. The van der Waals surface area contributed by atoms with Crippen LogP contribution in [0.2, 0.25) is 0 Å². The summed E-state index contributed by atoms with van der Waals surface area (Å²) in [6.45, 7) is 0.497. The Bertz CT molecular complexity index is 1070. The van der Waals surface area contributed by atoms with Crippen molar-refractivity contribution in [2.24, 2.45) is 0 Å². The fraction of sp³-hybridized carbons (Fsp3) is 0.0500. The van der Waals surface area contributed by atoms with Crippen molar-refractivity contribution in [3.05, 3.63) is 88.9 Å². The van der Waals surface area contributed by atoms with Gasteiger partial charge in [-0.3, -0.25) is 4.98 Å². The molecule has 0 unspecified atom stereocenters. The van der Waals surface area contributed by atoms with Crippen molar-refractivity contribution in [1.82, 2.24) is 15.0 Å². The largest absolute Gasteiger partial charge is 0.306 e. The molecule has 0 spiro atoms. The molecule has 128 valence electrons. The van der Waals surface area contributed by atoms with E-state index in [0.717, 1.165) is 21.1 Å². The van der Waals surface area contributed by atoms with E-state index in [1.165, 1.54) is 12.1 Å². The van der Waals surface area contributed by atoms with Crippen LogP contribution in [0.4, 0.5) is 16.0 Å². The lowest BCUT2D eigenvalue weighted by Crippen LogP contribution is -2.19. The second-order valence-electron chi connectivity index (χ2n) is 5.74. The van der Waals surface area contributed by atoms with Crippen LogP contribution in [0.5, 0.6) is 0 Å². The summed E-state index contributed by atoms with van der Waals surface area (Å²) in [5, 5.41) is 0. The van der Waals surface area contributed by atoms with Crippen LogP contribution in [0.3, 0.4) is 0 Å². The first kappa shape index (κ1) is 16.6. The highest BCUT2D eigenvalue weighted by Crippen LogP contribution is 2.28. The second kappa shape index (κ2) is 7.17. The zero-order valence-electron chi connectivity index (χ0n) is 13.7. The van der Waals surface area contributed by atoms with Gasteiger partial charge in [-0.1, -0.05) is 40.2 Å². The number of benzene rings is 2. The summed E-state index contributed by atoms with van der Waals surface area (Å²) in [7, 11) is 0. The predicted octanol–water partition coefficient (Wildman–Crippen LogP) is 5.26. The van der Waals surface area contributed by atoms with Crippen molar-refractivity contribution >= 4 is 38.6 Å². The number of anilines is 2. The Labute approximate surface area is 158 Å². The van der Waals surface area contributed by atoms with Crippen LogP contribution in [0.25, 0.3) is 11.0 Å². The molecule has 0 aliphatic rings. The fourth-order valence-electron chi connectivity index (χ4n) is 2.71. The number of rotatable bonds is 4. The molecular weight excluding hydrogens is 395 g/mol. The Morgan fingerprint density at radius 1 is 0.923 bits per heavy atom. The zero-order chi connectivity index (χ0) is 17.9. The van der Waals surface area contributed by atoms with Crippen molar-refractivity contribution in [2.45, 2.75) is 6.54 Å². The van der Waals surface area contributed by atoms with E-state index in [2.05, 4.69) is 30.9 Å². The summed E-state index contributed by atoms with van der Waals surface area (Å²) in [4.78, 5) is 15.2. The molecule has 4 rings (SSSR count). The van der Waals surface area contributed by atoms with Crippen LogP contribution in [0.1, 0.15) is 5.56 Å². The quantitative estimate of drug-likeness (QED) is 0.461. The van der Waals surface area contributed by atoms with Gasteiger partial charge in [-0.2, -0.15) is 0 Å². The molecule has 0 N–H and O–H groups in total. The molecule has 0 aliphatic heterocycles. The van der Waals surface area contributed by atoms with Gasteiger partial charge < -0.3 is 4.90 Å². The standard InChI is InChI=1S/C20H14BrFN4/c21-17-8-2-1-5-14(17)13-26(16-7-3-6-15(22)11-16)20-24-12-19-18(25-20)9-4-10-23-19/h1-12H,13H2. The van der Waals surface area contributed by atoms with Gasteiger partial charge in [-0.05, 0) is 42.0 Å². The molecule has 2 aromatic carbocycles. The van der Waals surface area contributed by atoms with E-state index in [4.69, 9.17) is 0 Å². The van der Waals surface area contributed by atoms with Crippen molar-refractivity contribution in [3.63, 3.8) is 0 Å². The van der Waals surface area contributed by atoms with Crippen LogP contribution in [-0.4, -0.2) is 15.0 Å². The number of nitrogens with zero attached hydrogens (tertiary/aromatic N) is 4. The topological polar surface area (TPSA) is 41.9 Å². The average molecular weight is 409 g/mol. The third kappa shape index (κ3) is 3.41. The lowest BCUT2D eigenvalue weighted by molar-refractivity contribution is 0.627. The maximum absolute atomic E-state index is 13.8. The first-order valence-electron chi connectivity index (χ1n) is 8.05. The molecular formula is C20H14BrFN4. The molecule has 26 heavy (non-hydrogen) atoms. The Kier molecular flexibility index (Phi) is 4.58. The Hall–Kier alpha value is -2.86. The maximum atomic E-state index is 13.8. The minimum atomic E-state index is -0.304. The molecule has 4 nitrogen and oxygen atoms in total. The van der Waals surface area contributed by atoms with Gasteiger partial charge in [0.2, 0.25) is 5.95 Å². The monoisotopic (exact) mass is 408 g/mol. The Morgan fingerprint density at radius 3 is 2.65 bits per heavy atom. The highest BCUT2D eigenvalue weighted by molar-refractivity contribution is 9.10. The van der Waals surface area contributed by atoms with E-state index in [-0.39, 0.29) is 5.82 Å². The normalized spacial score (nSPS) is 10.8. The number of halogens is 2. The summed E-state index contributed by atoms with van der Waals surface area (Å²) in [6, 6.07) is 18.1. The molecule has 0 saturated carbocycles. The molecule has 0 aliphatic carbocycles. The lowest BCUT2D eigenvalue weighted by atomic mass is 10.2. The fourth-order valence-corrected chi connectivity index (χ4v) is 3.12. The highest BCUT2D eigenvalue weighted by atomic mass is 79.9. The number of aromatic nitrogens is 3. The number of hydrogen-bond acceptors (Lipinski definition) is 4. The molecule has 0 bridgehead atoms. The van der Waals surface area contributed by atoms with E-state index in [0.29, 0.717) is 18.2 Å². The molecule has 0 saturated heterocycles. The van der Waals surface area contributed by atoms with Crippen molar-refractivity contribution in [3.8, 4) is 0 Å². The van der Waals surface area contributed by atoms with E-state index >= 15 is 0 Å². The van der Waals surface area contributed by atoms with Gasteiger partial charge in [0.05, 0.1) is 18.3 Å². The molecule has 4 aromatic rings. The minimum absolute atomic E-state index is 0.304. The maximum Gasteiger partial charge on any atom is 0.230 e. The van der Waals surface area contributed by atoms with Crippen LogP contribution >= 0.6 is 15.9 Å². The van der Waals surface area contributed by atoms with Crippen LogP contribution in [0.15, 0.2) is 77.5 Å². The van der Waals surface area contributed by atoms with E-state index in [9.17, 15) is 4.39 Å². The van der Waals surface area contributed by atoms with Crippen LogP contribution < -0.4 is 4.90 Å². The molecule has 0 fully saturated rings. The molecule has 2 heterocycles. The Morgan fingerprint density at radius 2 is 1.81 bits per heavy atom. The molecule has 0 amide bonds. The SMILES string of the molecule is Fc1cccc(N(Cc2ccccc2Br)c2ncc3ncccc3n2)c1. The van der Waals surface area contributed by atoms with Gasteiger partial charge in [0.1, 0.15) is 11.3 Å². The summed E-state index contributed by atoms with van der Waals surface area (Å²) in [5.74, 6) is 0.189. The molecule has 0 radical (unpaired) electrons. The lowest BCUT2D eigenvalue weighted by Gasteiger charge is -2.23. The van der Waals surface area contributed by atoms with Crippen molar-refractivity contribution < 1.29 is 4.39 Å². The van der Waals surface area contributed by atoms with E-state index < -0.39 is 0 Å². The van der Waals surface area contributed by atoms with Gasteiger partial charge in [0, 0.05) is 16.4 Å². The molecule has 2 aromatic heterocycles. The summed E-state index contributed by atoms with van der Waals surface area (Å²) >= 11 is 3.57. The van der Waals surface area contributed by atoms with Crippen LogP contribution in [0, 0.1) is 5.82 Å². The van der Waals surface area contributed by atoms with Crippen molar-refractivity contribution in [2.75, 3.05) is 4.90 Å². The number of fused-ring (bicyclic) bond motifs is 1. The number of hydrogen-bond donors (Lipinski definition) is 0. The van der Waals surface area contributed by atoms with Crippen LogP contribution in [-0.2, 0) is 6.54 Å². The first-order chi connectivity index (χ1) is 12.7. The zero-order valence-corrected chi connectivity index (χ0v) is 15.3. The number of pyridine rings is 1. The van der Waals surface area contributed by atoms with E-state index in [1.54, 1.807) is 18.5 Å². The highest BCUT2D eigenvalue weighted by Gasteiger charge is 2.16. The van der Waals surface area contributed by atoms with Gasteiger partial charge in [0.15, 0.2) is 0 Å². The third-order valence-electron chi connectivity index (χ3n) is 3.99. The second-order valence-corrected chi connectivity index (χ2v) is 6.59.